The highest BCUT2D eigenvalue weighted by Gasteiger charge is 2.40. The Kier molecular flexibility index (Phi) is 4.32. The Hall–Kier alpha value is -3.07. The standard InChI is InChI=1S/C16H13N3O5S/c1-8(12(20)18-16-17-7-11(25-16)15(23)24-2)19-13(21)9-5-3-4-6-10(9)14(19)22/h3-8H,1-2H3,(H,17,18,20). The summed E-state index contributed by atoms with van der Waals surface area (Å²) in [6.45, 7) is 1.45. The molecule has 2 aromatic rings. The number of ether oxygens (including phenoxy) is 1. The van der Waals surface area contributed by atoms with Gasteiger partial charge in [0.1, 0.15) is 10.9 Å². The lowest BCUT2D eigenvalue weighted by Crippen LogP contribution is -2.45. The summed E-state index contributed by atoms with van der Waals surface area (Å²) >= 11 is 0.937. The normalized spacial score (nSPS) is 14.2. The van der Waals surface area contributed by atoms with Gasteiger partial charge < -0.3 is 10.1 Å². The van der Waals surface area contributed by atoms with Gasteiger partial charge in [-0.3, -0.25) is 19.3 Å². The molecule has 0 aliphatic carbocycles. The maximum atomic E-state index is 12.4. The number of esters is 1. The van der Waals surface area contributed by atoms with Crippen molar-refractivity contribution >= 4 is 40.2 Å². The summed E-state index contributed by atoms with van der Waals surface area (Å²) in [6, 6.07) is 5.37. The van der Waals surface area contributed by atoms with E-state index in [0.29, 0.717) is 0 Å². The average Bonchev–Trinajstić information content (AvgIpc) is 3.18. The highest BCUT2D eigenvalue weighted by molar-refractivity contribution is 7.17. The Balaban J connectivity index is 1.75. The first-order valence-corrected chi connectivity index (χ1v) is 8.07. The molecule has 8 nitrogen and oxygen atoms in total. The van der Waals surface area contributed by atoms with Crippen LogP contribution in [0.25, 0.3) is 0 Å². The van der Waals surface area contributed by atoms with Gasteiger partial charge in [0.2, 0.25) is 5.91 Å². The van der Waals surface area contributed by atoms with Crippen molar-refractivity contribution in [3.63, 3.8) is 0 Å². The van der Waals surface area contributed by atoms with Crippen molar-refractivity contribution in [3.05, 3.63) is 46.5 Å². The molecule has 1 unspecified atom stereocenters. The van der Waals surface area contributed by atoms with Crippen LogP contribution in [0.2, 0.25) is 0 Å². The Morgan fingerprint density at radius 2 is 1.80 bits per heavy atom. The maximum absolute atomic E-state index is 12.4. The summed E-state index contributed by atoms with van der Waals surface area (Å²) in [5.41, 5.74) is 0.545. The Morgan fingerprint density at radius 1 is 1.20 bits per heavy atom. The molecular formula is C16H13N3O5S. The minimum absolute atomic E-state index is 0.175. The van der Waals surface area contributed by atoms with Gasteiger partial charge in [-0.15, -0.1) is 0 Å². The molecule has 1 aliphatic heterocycles. The van der Waals surface area contributed by atoms with Gasteiger partial charge >= 0.3 is 5.97 Å². The van der Waals surface area contributed by atoms with Crippen LogP contribution in [-0.2, 0) is 9.53 Å². The molecule has 128 valence electrons. The van der Waals surface area contributed by atoms with Gasteiger partial charge in [0, 0.05) is 0 Å². The molecule has 1 N–H and O–H groups in total. The first-order chi connectivity index (χ1) is 11.9. The van der Waals surface area contributed by atoms with Crippen molar-refractivity contribution in [1.29, 1.82) is 0 Å². The monoisotopic (exact) mass is 359 g/mol. The number of thiazole rings is 1. The average molecular weight is 359 g/mol. The van der Waals surface area contributed by atoms with Crippen molar-refractivity contribution in [1.82, 2.24) is 9.88 Å². The van der Waals surface area contributed by atoms with Crippen LogP contribution in [0.5, 0.6) is 0 Å². The molecule has 0 spiro atoms. The number of amides is 3. The summed E-state index contributed by atoms with van der Waals surface area (Å²) in [4.78, 5) is 53.6. The van der Waals surface area contributed by atoms with Gasteiger partial charge in [-0.05, 0) is 19.1 Å². The van der Waals surface area contributed by atoms with Crippen molar-refractivity contribution in [2.75, 3.05) is 12.4 Å². The first-order valence-electron chi connectivity index (χ1n) is 7.26. The first kappa shape index (κ1) is 16.8. The topological polar surface area (TPSA) is 106 Å². The van der Waals surface area contributed by atoms with Crippen LogP contribution < -0.4 is 5.32 Å². The van der Waals surface area contributed by atoms with E-state index in [1.54, 1.807) is 24.3 Å². The number of benzene rings is 1. The second-order valence-corrected chi connectivity index (χ2v) is 6.24. The van der Waals surface area contributed by atoms with Crippen molar-refractivity contribution in [2.24, 2.45) is 0 Å². The molecule has 25 heavy (non-hydrogen) atoms. The van der Waals surface area contributed by atoms with Crippen LogP contribution in [0, 0.1) is 0 Å². The Labute approximate surface area is 146 Å². The third-order valence-corrected chi connectivity index (χ3v) is 4.61. The molecule has 0 bridgehead atoms. The number of methoxy groups -OCH3 is 1. The molecule has 1 aromatic carbocycles. The van der Waals surface area contributed by atoms with Gasteiger partial charge in [-0.2, -0.15) is 0 Å². The number of fused-ring (bicyclic) bond motifs is 1. The number of carbonyl (C=O) groups is 4. The number of rotatable bonds is 4. The van der Waals surface area contributed by atoms with E-state index < -0.39 is 29.7 Å². The number of hydrogen-bond donors (Lipinski definition) is 1. The van der Waals surface area contributed by atoms with Gasteiger partial charge in [-0.1, -0.05) is 23.5 Å². The lowest BCUT2D eigenvalue weighted by atomic mass is 10.1. The minimum Gasteiger partial charge on any atom is -0.465 e. The third-order valence-electron chi connectivity index (χ3n) is 3.71. The minimum atomic E-state index is -1.03. The largest absolute Gasteiger partial charge is 0.465 e. The SMILES string of the molecule is COC(=O)c1cnc(NC(=O)C(C)N2C(=O)c3ccccc3C2=O)s1. The number of hydrogen-bond acceptors (Lipinski definition) is 7. The van der Waals surface area contributed by atoms with Crippen LogP contribution in [0.15, 0.2) is 30.5 Å². The molecule has 1 aliphatic rings. The predicted molar refractivity (Wildman–Crippen MR) is 88.5 cm³/mol. The molecule has 1 atom stereocenters. The summed E-state index contributed by atoms with van der Waals surface area (Å²) in [5.74, 6) is -2.18. The van der Waals surface area contributed by atoms with Crippen LogP contribution in [0.4, 0.5) is 5.13 Å². The number of anilines is 1. The van der Waals surface area contributed by atoms with Crippen LogP contribution in [-0.4, -0.2) is 46.7 Å². The van der Waals surface area contributed by atoms with Crippen molar-refractivity contribution in [3.8, 4) is 0 Å². The van der Waals surface area contributed by atoms with E-state index in [-0.39, 0.29) is 21.1 Å². The van der Waals surface area contributed by atoms with Gasteiger partial charge in [-0.25, -0.2) is 9.78 Å². The fourth-order valence-corrected chi connectivity index (χ4v) is 3.15. The second kappa shape index (κ2) is 6.44. The fourth-order valence-electron chi connectivity index (χ4n) is 2.41. The molecule has 0 saturated heterocycles. The maximum Gasteiger partial charge on any atom is 0.349 e. The molecule has 0 saturated carbocycles. The van der Waals surface area contributed by atoms with Gasteiger partial charge in [0.15, 0.2) is 5.13 Å². The molecule has 2 heterocycles. The quantitative estimate of drug-likeness (QED) is 0.656. The van der Waals surface area contributed by atoms with Crippen LogP contribution >= 0.6 is 11.3 Å². The Morgan fingerprint density at radius 3 is 2.36 bits per heavy atom. The highest BCUT2D eigenvalue weighted by Crippen LogP contribution is 2.25. The summed E-state index contributed by atoms with van der Waals surface area (Å²) in [5, 5.41) is 2.68. The highest BCUT2D eigenvalue weighted by atomic mass is 32.1. The van der Waals surface area contributed by atoms with Crippen LogP contribution in [0.3, 0.4) is 0 Å². The molecule has 0 fully saturated rings. The van der Waals surface area contributed by atoms with E-state index >= 15 is 0 Å². The van der Waals surface area contributed by atoms with E-state index in [2.05, 4.69) is 15.0 Å². The lowest BCUT2D eigenvalue weighted by molar-refractivity contribution is -0.119. The second-order valence-electron chi connectivity index (χ2n) is 5.21. The van der Waals surface area contributed by atoms with E-state index in [1.807, 2.05) is 0 Å². The van der Waals surface area contributed by atoms with Crippen molar-refractivity contribution in [2.45, 2.75) is 13.0 Å². The molecule has 3 rings (SSSR count). The zero-order chi connectivity index (χ0) is 18.1. The van der Waals surface area contributed by atoms with E-state index in [4.69, 9.17) is 0 Å². The number of imide groups is 1. The summed E-state index contributed by atoms with van der Waals surface area (Å²) in [7, 11) is 1.24. The van der Waals surface area contributed by atoms with E-state index in [9.17, 15) is 19.2 Å². The number of nitrogens with one attached hydrogen (secondary N) is 1. The lowest BCUT2D eigenvalue weighted by Gasteiger charge is -2.21. The van der Waals surface area contributed by atoms with Gasteiger partial charge in [0.25, 0.3) is 11.8 Å². The molecule has 3 amide bonds. The summed E-state index contributed by atoms with van der Waals surface area (Å²) < 4.78 is 4.57. The molecule has 9 heteroatoms. The Bertz CT molecular complexity index is 856. The molecule has 1 aromatic heterocycles. The predicted octanol–water partition coefficient (Wildman–Crippen LogP) is 1.55. The van der Waals surface area contributed by atoms with Crippen molar-refractivity contribution < 1.29 is 23.9 Å². The van der Waals surface area contributed by atoms with Crippen LogP contribution in [0.1, 0.15) is 37.3 Å². The zero-order valence-corrected chi connectivity index (χ0v) is 14.1. The summed E-state index contributed by atoms with van der Waals surface area (Å²) in [6.07, 6.45) is 1.28. The number of carbonyl (C=O) groups excluding carboxylic acids is 4. The molecular weight excluding hydrogens is 346 g/mol. The zero-order valence-electron chi connectivity index (χ0n) is 13.3. The van der Waals surface area contributed by atoms with E-state index in [1.165, 1.54) is 20.2 Å². The van der Waals surface area contributed by atoms with Gasteiger partial charge in [0.05, 0.1) is 24.4 Å². The number of nitrogens with zero attached hydrogens (tertiary/aromatic N) is 2. The fraction of sp³-hybridized carbons (Fsp3) is 0.188. The third kappa shape index (κ3) is 2.89. The molecule has 0 radical (unpaired) electrons. The van der Waals surface area contributed by atoms with E-state index in [0.717, 1.165) is 16.2 Å². The smallest absolute Gasteiger partial charge is 0.349 e. The number of aromatic nitrogens is 1.